The molecule has 2 aromatic rings. The van der Waals surface area contributed by atoms with E-state index < -0.39 is 11.8 Å². The van der Waals surface area contributed by atoms with Gasteiger partial charge in [0.05, 0.1) is 6.21 Å². The van der Waals surface area contributed by atoms with Gasteiger partial charge < -0.3 is 5.32 Å². The summed E-state index contributed by atoms with van der Waals surface area (Å²) in [6, 6.07) is 13.1. The van der Waals surface area contributed by atoms with Crippen LogP contribution in [0.4, 0.5) is 5.69 Å². The summed E-state index contributed by atoms with van der Waals surface area (Å²) in [5, 5.41) is 7.08. The maximum Gasteiger partial charge on any atom is 0.249 e. The van der Waals surface area contributed by atoms with Crippen LogP contribution >= 0.6 is 11.6 Å². The minimum Gasteiger partial charge on any atom is -0.326 e. The predicted octanol–water partition coefficient (Wildman–Crippen LogP) is 4.42. The lowest BCUT2D eigenvalue weighted by Gasteiger charge is -2.18. The molecule has 0 bridgehead atoms. The lowest BCUT2D eigenvalue weighted by atomic mass is 9.87. The topological polar surface area (TPSA) is 70.6 Å². The highest BCUT2D eigenvalue weighted by atomic mass is 35.5. The molecule has 5 nitrogen and oxygen atoms in total. The number of hydrogen-bond donors (Lipinski definition) is 2. The van der Waals surface area contributed by atoms with E-state index in [0.717, 1.165) is 11.1 Å². The molecule has 6 heteroatoms. The second kappa shape index (κ2) is 8.82. The van der Waals surface area contributed by atoms with Crippen molar-refractivity contribution >= 4 is 35.3 Å². The fourth-order valence-corrected chi connectivity index (χ4v) is 2.49. The van der Waals surface area contributed by atoms with E-state index in [4.69, 9.17) is 11.6 Å². The quantitative estimate of drug-likeness (QED) is 0.454. The first-order chi connectivity index (χ1) is 12.6. The molecule has 0 radical (unpaired) electrons. The molecule has 0 fully saturated rings. The van der Waals surface area contributed by atoms with Gasteiger partial charge in [-0.1, -0.05) is 62.7 Å². The summed E-state index contributed by atoms with van der Waals surface area (Å²) in [7, 11) is 0. The Balaban J connectivity index is 1.83. The fourth-order valence-electron chi connectivity index (χ4n) is 2.31. The van der Waals surface area contributed by atoms with Crippen LogP contribution in [0.25, 0.3) is 0 Å². The number of benzene rings is 2. The summed E-state index contributed by atoms with van der Waals surface area (Å²) < 4.78 is 0. The van der Waals surface area contributed by atoms with Gasteiger partial charge in [0.2, 0.25) is 11.8 Å². The first kappa shape index (κ1) is 20.6. The van der Waals surface area contributed by atoms with Crippen molar-refractivity contribution in [2.45, 2.75) is 39.5 Å². The second-order valence-electron chi connectivity index (χ2n) is 7.35. The number of nitrogens with zero attached hydrogens (tertiary/aromatic N) is 1. The van der Waals surface area contributed by atoms with Gasteiger partial charge in [0.25, 0.3) is 0 Å². The highest BCUT2D eigenvalue weighted by molar-refractivity contribution is 6.31. The largest absolute Gasteiger partial charge is 0.326 e. The minimum absolute atomic E-state index is 0.0823. The van der Waals surface area contributed by atoms with Crippen LogP contribution in [0.15, 0.2) is 47.6 Å². The van der Waals surface area contributed by atoms with Crippen LogP contribution in [0.2, 0.25) is 5.02 Å². The number of carbonyl (C=O) groups is 2. The molecule has 0 unspecified atom stereocenters. The molecule has 27 heavy (non-hydrogen) atoms. The van der Waals surface area contributed by atoms with Crippen molar-refractivity contribution in [3.05, 3.63) is 64.2 Å². The zero-order valence-corrected chi connectivity index (χ0v) is 16.7. The summed E-state index contributed by atoms with van der Waals surface area (Å²) in [6.45, 7) is 8.31. The standard InChI is InChI=1S/C21H24ClN3O2/c1-14-5-10-17(11-18(14)22)24-19(26)12-20(27)25-23-13-15-6-8-16(9-7-15)21(2,3)4/h5-11,13H,12H2,1-4H3,(H,24,26)(H,25,27). The van der Waals surface area contributed by atoms with Gasteiger partial charge >= 0.3 is 0 Å². The smallest absolute Gasteiger partial charge is 0.249 e. The number of amides is 2. The molecule has 0 aliphatic carbocycles. The summed E-state index contributed by atoms with van der Waals surface area (Å²) in [6.07, 6.45) is 1.22. The van der Waals surface area contributed by atoms with E-state index in [2.05, 4.69) is 36.6 Å². The molecule has 0 atom stereocenters. The zero-order chi connectivity index (χ0) is 20.0. The molecule has 0 spiro atoms. The van der Waals surface area contributed by atoms with Gasteiger partial charge in [0, 0.05) is 10.7 Å². The SMILES string of the molecule is Cc1ccc(NC(=O)CC(=O)NN=Cc2ccc(C(C)(C)C)cc2)cc1Cl. The third-order valence-corrected chi connectivity index (χ3v) is 4.36. The molecule has 0 saturated heterocycles. The Morgan fingerprint density at radius 3 is 2.33 bits per heavy atom. The van der Waals surface area contributed by atoms with Gasteiger partial charge in [0.1, 0.15) is 6.42 Å². The molecule has 0 aliphatic rings. The molecule has 2 rings (SSSR count). The molecule has 0 aliphatic heterocycles. The van der Waals surface area contributed by atoms with E-state index in [9.17, 15) is 9.59 Å². The van der Waals surface area contributed by atoms with E-state index in [1.807, 2.05) is 31.2 Å². The predicted molar refractivity (Wildman–Crippen MR) is 110 cm³/mol. The van der Waals surface area contributed by atoms with Crippen molar-refractivity contribution < 1.29 is 9.59 Å². The molecular weight excluding hydrogens is 362 g/mol. The molecule has 0 aromatic heterocycles. The lowest BCUT2D eigenvalue weighted by molar-refractivity contribution is -0.126. The van der Waals surface area contributed by atoms with Gasteiger partial charge in [-0.2, -0.15) is 5.10 Å². The van der Waals surface area contributed by atoms with Crippen molar-refractivity contribution in [3.63, 3.8) is 0 Å². The number of carbonyl (C=O) groups excluding carboxylic acids is 2. The van der Waals surface area contributed by atoms with Gasteiger partial charge in [-0.15, -0.1) is 0 Å². The maximum absolute atomic E-state index is 11.9. The Morgan fingerprint density at radius 2 is 1.74 bits per heavy atom. The first-order valence-corrected chi connectivity index (χ1v) is 9.01. The van der Waals surface area contributed by atoms with Gasteiger partial charge in [-0.05, 0) is 41.2 Å². The highest BCUT2D eigenvalue weighted by Crippen LogP contribution is 2.22. The molecule has 142 valence electrons. The van der Waals surface area contributed by atoms with Crippen LogP contribution in [0, 0.1) is 6.92 Å². The van der Waals surface area contributed by atoms with Crippen molar-refractivity contribution in [1.82, 2.24) is 5.43 Å². The van der Waals surface area contributed by atoms with E-state index in [1.54, 1.807) is 24.4 Å². The van der Waals surface area contributed by atoms with Gasteiger partial charge in [-0.3, -0.25) is 9.59 Å². The molecule has 2 aromatic carbocycles. The minimum atomic E-state index is -0.492. The Hall–Kier alpha value is -2.66. The molecule has 2 amide bonds. The van der Waals surface area contributed by atoms with Crippen LogP contribution in [-0.4, -0.2) is 18.0 Å². The fraction of sp³-hybridized carbons (Fsp3) is 0.286. The summed E-state index contributed by atoms with van der Waals surface area (Å²) in [5.41, 5.74) is 5.98. The molecular formula is C21H24ClN3O2. The van der Waals surface area contributed by atoms with Gasteiger partial charge in [-0.25, -0.2) is 5.43 Å². The monoisotopic (exact) mass is 385 g/mol. The maximum atomic E-state index is 11.9. The summed E-state index contributed by atoms with van der Waals surface area (Å²) in [5.74, 6) is -0.926. The number of nitrogens with one attached hydrogen (secondary N) is 2. The highest BCUT2D eigenvalue weighted by Gasteiger charge is 2.12. The second-order valence-corrected chi connectivity index (χ2v) is 7.76. The van der Waals surface area contributed by atoms with Crippen molar-refractivity contribution in [2.75, 3.05) is 5.32 Å². The van der Waals surface area contributed by atoms with Crippen molar-refractivity contribution in [3.8, 4) is 0 Å². The van der Waals surface area contributed by atoms with Crippen molar-refractivity contribution in [2.24, 2.45) is 5.10 Å². The van der Waals surface area contributed by atoms with Crippen LogP contribution in [0.1, 0.15) is 43.9 Å². The molecule has 0 heterocycles. The molecule has 2 N–H and O–H groups in total. The Labute approximate surface area is 164 Å². The number of rotatable bonds is 5. The number of halogens is 1. The van der Waals surface area contributed by atoms with Crippen LogP contribution in [0.3, 0.4) is 0 Å². The number of hydrazone groups is 1. The number of anilines is 1. The number of aryl methyl sites for hydroxylation is 1. The van der Waals surface area contributed by atoms with E-state index in [1.165, 1.54) is 5.56 Å². The van der Waals surface area contributed by atoms with E-state index in [-0.39, 0.29) is 11.8 Å². The first-order valence-electron chi connectivity index (χ1n) is 8.63. The lowest BCUT2D eigenvalue weighted by Crippen LogP contribution is -2.24. The Kier molecular flexibility index (Phi) is 6.75. The summed E-state index contributed by atoms with van der Waals surface area (Å²) in [4.78, 5) is 23.7. The van der Waals surface area contributed by atoms with Crippen LogP contribution in [-0.2, 0) is 15.0 Å². The molecule has 0 saturated carbocycles. The van der Waals surface area contributed by atoms with Crippen LogP contribution < -0.4 is 10.7 Å². The summed E-state index contributed by atoms with van der Waals surface area (Å²) >= 11 is 6.01. The average Bonchev–Trinajstić information content (AvgIpc) is 2.57. The number of hydrogen-bond acceptors (Lipinski definition) is 3. The average molecular weight is 386 g/mol. The van der Waals surface area contributed by atoms with Crippen LogP contribution in [0.5, 0.6) is 0 Å². The van der Waals surface area contributed by atoms with Crippen molar-refractivity contribution in [1.29, 1.82) is 0 Å². The normalized spacial score (nSPS) is 11.4. The van der Waals surface area contributed by atoms with E-state index >= 15 is 0 Å². The third-order valence-electron chi connectivity index (χ3n) is 3.96. The van der Waals surface area contributed by atoms with E-state index in [0.29, 0.717) is 10.7 Å². The Morgan fingerprint density at radius 1 is 1.07 bits per heavy atom. The zero-order valence-electron chi connectivity index (χ0n) is 16.0. The third kappa shape index (κ3) is 6.53. The van der Waals surface area contributed by atoms with Gasteiger partial charge in [0.15, 0.2) is 0 Å². The Bertz CT molecular complexity index is 853.